The number of ether oxygens (including phenoxy) is 2. The zero-order chi connectivity index (χ0) is 19.7. The first-order chi connectivity index (χ1) is 12.8. The van der Waals surface area contributed by atoms with Crippen LogP contribution in [-0.2, 0) is 4.74 Å². The molecule has 1 saturated heterocycles. The lowest BCUT2D eigenvalue weighted by molar-refractivity contribution is -0.277. The van der Waals surface area contributed by atoms with Gasteiger partial charge in [0.05, 0.1) is 12.3 Å². The van der Waals surface area contributed by atoms with Gasteiger partial charge in [0.1, 0.15) is 30.2 Å². The van der Waals surface area contributed by atoms with Gasteiger partial charge in [-0.3, -0.25) is 4.79 Å². The summed E-state index contributed by atoms with van der Waals surface area (Å²) >= 11 is 0. The second-order valence-electron chi connectivity index (χ2n) is 6.30. The molecule has 2 heterocycles. The van der Waals surface area contributed by atoms with Crippen LogP contribution in [0.2, 0.25) is 0 Å². The van der Waals surface area contributed by atoms with E-state index >= 15 is 0 Å². The molecule has 1 aliphatic rings. The van der Waals surface area contributed by atoms with E-state index < -0.39 is 42.7 Å². The summed E-state index contributed by atoms with van der Waals surface area (Å²) in [5.74, 6) is -0.0230. The summed E-state index contributed by atoms with van der Waals surface area (Å²) in [7, 11) is 0. The Morgan fingerprint density at radius 1 is 1.07 bits per heavy atom. The van der Waals surface area contributed by atoms with E-state index in [0.717, 1.165) is 0 Å². The number of nitrogens with zero attached hydrogens (tertiary/aromatic N) is 1. The molecule has 146 valence electrons. The van der Waals surface area contributed by atoms with Gasteiger partial charge < -0.3 is 39.6 Å². The average Bonchev–Trinajstić information content (AvgIpc) is 2.66. The van der Waals surface area contributed by atoms with Crippen LogP contribution in [0.25, 0.3) is 5.69 Å². The van der Waals surface area contributed by atoms with Crippen molar-refractivity contribution in [1.29, 1.82) is 0 Å². The van der Waals surface area contributed by atoms with E-state index in [1.807, 2.05) is 0 Å². The fourth-order valence-corrected chi connectivity index (χ4v) is 2.93. The number of phenols is 1. The summed E-state index contributed by atoms with van der Waals surface area (Å²) in [5, 5.41) is 48.5. The Morgan fingerprint density at radius 2 is 1.74 bits per heavy atom. The van der Waals surface area contributed by atoms with Crippen molar-refractivity contribution in [2.24, 2.45) is 0 Å². The lowest BCUT2D eigenvalue weighted by Crippen LogP contribution is -2.60. The van der Waals surface area contributed by atoms with E-state index in [9.17, 15) is 30.3 Å². The van der Waals surface area contributed by atoms with E-state index in [1.54, 1.807) is 23.6 Å². The molecular weight excluding hydrogens is 358 g/mol. The topological polar surface area (TPSA) is 142 Å². The van der Waals surface area contributed by atoms with Crippen molar-refractivity contribution in [3.05, 3.63) is 52.4 Å². The largest absolute Gasteiger partial charge is 0.508 e. The Labute approximate surface area is 154 Å². The summed E-state index contributed by atoms with van der Waals surface area (Å²) in [6.07, 6.45) is -5.81. The van der Waals surface area contributed by atoms with E-state index in [0.29, 0.717) is 11.4 Å². The number of aromatic nitrogens is 1. The van der Waals surface area contributed by atoms with Gasteiger partial charge in [-0.05, 0) is 31.2 Å². The van der Waals surface area contributed by atoms with Crippen LogP contribution < -0.4 is 10.2 Å². The predicted molar refractivity (Wildman–Crippen MR) is 92.8 cm³/mol. The molecular formula is C18H21NO8. The lowest BCUT2D eigenvalue weighted by Gasteiger charge is -2.39. The number of rotatable bonds is 4. The van der Waals surface area contributed by atoms with Gasteiger partial charge in [0, 0.05) is 18.0 Å². The molecule has 9 nitrogen and oxygen atoms in total. The Hall–Kier alpha value is -2.43. The van der Waals surface area contributed by atoms with Gasteiger partial charge in [-0.1, -0.05) is 0 Å². The van der Waals surface area contributed by atoms with Crippen LogP contribution in [0, 0.1) is 6.92 Å². The van der Waals surface area contributed by atoms with Crippen LogP contribution in [0.1, 0.15) is 5.69 Å². The van der Waals surface area contributed by atoms with Crippen molar-refractivity contribution in [3.8, 4) is 17.2 Å². The molecule has 0 bridgehead atoms. The molecule has 0 saturated carbocycles. The number of aliphatic hydroxyl groups excluding tert-OH is 4. The summed E-state index contributed by atoms with van der Waals surface area (Å²) in [6.45, 7) is 1.02. The highest BCUT2D eigenvalue weighted by molar-refractivity contribution is 5.41. The molecule has 2 aromatic rings. The SMILES string of the molecule is Cc1c(O[C@@H]2O[C@H](CO)[C@@H](O)[C@H](O)[C@H]2O)c(=O)ccn1-c1ccc(O)cc1. The molecule has 5 N–H and O–H groups in total. The number of pyridine rings is 1. The second-order valence-corrected chi connectivity index (χ2v) is 6.30. The third-order valence-corrected chi connectivity index (χ3v) is 4.50. The minimum absolute atomic E-state index is 0.0928. The number of hydrogen-bond donors (Lipinski definition) is 5. The highest BCUT2D eigenvalue weighted by Crippen LogP contribution is 2.25. The number of phenolic OH excluding ortho intramolecular Hbond substituents is 1. The van der Waals surface area contributed by atoms with Gasteiger partial charge in [-0.2, -0.15) is 0 Å². The smallest absolute Gasteiger partial charge is 0.229 e. The minimum Gasteiger partial charge on any atom is -0.508 e. The van der Waals surface area contributed by atoms with Crippen LogP contribution >= 0.6 is 0 Å². The van der Waals surface area contributed by atoms with Crippen LogP contribution in [0.4, 0.5) is 0 Å². The molecule has 1 aromatic carbocycles. The van der Waals surface area contributed by atoms with Crippen molar-refractivity contribution in [1.82, 2.24) is 4.57 Å². The van der Waals surface area contributed by atoms with Crippen LogP contribution in [0.5, 0.6) is 11.5 Å². The fourth-order valence-electron chi connectivity index (χ4n) is 2.93. The van der Waals surface area contributed by atoms with Gasteiger partial charge in [0.2, 0.25) is 11.7 Å². The maximum Gasteiger partial charge on any atom is 0.229 e. The zero-order valence-corrected chi connectivity index (χ0v) is 14.5. The van der Waals surface area contributed by atoms with Crippen LogP contribution in [-0.4, -0.2) is 67.4 Å². The van der Waals surface area contributed by atoms with E-state index in [2.05, 4.69) is 0 Å². The van der Waals surface area contributed by atoms with Gasteiger partial charge >= 0.3 is 0 Å². The number of aliphatic hydroxyl groups is 4. The predicted octanol–water partition coefficient (Wildman–Crippen LogP) is -0.970. The normalized spacial score (nSPS) is 28.1. The third kappa shape index (κ3) is 3.68. The van der Waals surface area contributed by atoms with E-state index in [4.69, 9.17) is 9.47 Å². The Kier molecular flexibility index (Phi) is 5.49. The first kappa shape index (κ1) is 19.3. The highest BCUT2D eigenvalue weighted by Gasteiger charge is 2.45. The van der Waals surface area contributed by atoms with Gasteiger partial charge in [0.25, 0.3) is 0 Å². The van der Waals surface area contributed by atoms with Crippen LogP contribution in [0.3, 0.4) is 0 Å². The summed E-state index contributed by atoms with van der Waals surface area (Å²) < 4.78 is 12.5. The molecule has 5 atom stereocenters. The van der Waals surface area contributed by atoms with Crippen molar-refractivity contribution < 1.29 is 35.0 Å². The quantitative estimate of drug-likeness (QED) is 0.457. The maximum atomic E-state index is 12.3. The Bertz CT molecular complexity index is 847. The molecule has 0 aliphatic carbocycles. The van der Waals surface area contributed by atoms with E-state index in [-0.39, 0.29) is 11.5 Å². The summed E-state index contributed by atoms with van der Waals surface area (Å²) in [4.78, 5) is 12.3. The first-order valence-electron chi connectivity index (χ1n) is 8.32. The van der Waals surface area contributed by atoms with Crippen molar-refractivity contribution in [2.45, 2.75) is 37.6 Å². The Morgan fingerprint density at radius 3 is 2.37 bits per heavy atom. The summed E-state index contributed by atoms with van der Waals surface area (Å²) in [5.41, 5.74) is 0.577. The molecule has 27 heavy (non-hydrogen) atoms. The molecule has 0 radical (unpaired) electrons. The van der Waals surface area contributed by atoms with Crippen LogP contribution in [0.15, 0.2) is 41.3 Å². The van der Waals surface area contributed by atoms with Crippen molar-refractivity contribution in [2.75, 3.05) is 6.61 Å². The average molecular weight is 379 g/mol. The van der Waals surface area contributed by atoms with E-state index in [1.165, 1.54) is 24.4 Å². The Balaban J connectivity index is 1.94. The molecule has 0 spiro atoms. The third-order valence-electron chi connectivity index (χ3n) is 4.50. The molecule has 3 rings (SSSR count). The monoisotopic (exact) mass is 379 g/mol. The standard InChI is InChI=1S/C18H21NO8/c1-9-17(27-18-16(25)15(24)14(23)13(8-20)26-18)12(22)6-7-19(9)10-2-4-11(21)5-3-10/h2-7,13-16,18,20-21,23-25H,8H2,1H3/t13-,14-,15+,16-,18+/m1/s1. The van der Waals surface area contributed by atoms with Crippen molar-refractivity contribution >= 4 is 0 Å². The number of aromatic hydroxyl groups is 1. The van der Waals surface area contributed by atoms with Crippen molar-refractivity contribution in [3.63, 3.8) is 0 Å². The van der Waals surface area contributed by atoms with Gasteiger partial charge in [-0.25, -0.2) is 0 Å². The number of benzene rings is 1. The zero-order valence-electron chi connectivity index (χ0n) is 14.5. The molecule has 1 fully saturated rings. The minimum atomic E-state index is -1.62. The molecule has 0 amide bonds. The maximum absolute atomic E-state index is 12.3. The first-order valence-corrected chi connectivity index (χ1v) is 8.32. The second kappa shape index (κ2) is 7.67. The number of hydrogen-bond acceptors (Lipinski definition) is 8. The lowest BCUT2D eigenvalue weighted by atomic mass is 9.99. The fraction of sp³-hybridized carbons (Fsp3) is 0.389. The molecule has 1 aromatic heterocycles. The molecule has 9 heteroatoms. The van der Waals surface area contributed by atoms with Gasteiger partial charge in [-0.15, -0.1) is 0 Å². The highest BCUT2D eigenvalue weighted by atomic mass is 16.7. The molecule has 1 aliphatic heterocycles. The molecule has 0 unspecified atom stereocenters. The van der Waals surface area contributed by atoms with Gasteiger partial charge in [0.15, 0.2) is 5.75 Å². The summed E-state index contributed by atoms with van der Waals surface area (Å²) in [6, 6.07) is 7.53.